The predicted molar refractivity (Wildman–Crippen MR) is 93.0 cm³/mol. The molecule has 0 spiro atoms. The second-order valence-electron chi connectivity index (χ2n) is 5.89. The van der Waals surface area contributed by atoms with Crippen molar-refractivity contribution in [2.24, 2.45) is 0 Å². The van der Waals surface area contributed by atoms with Gasteiger partial charge in [-0.15, -0.1) is 0 Å². The summed E-state index contributed by atoms with van der Waals surface area (Å²) in [6.45, 7) is 11.7. The first-order valence-electron chi connectivity index (χ1n) is 7.73. The van der Waals surface area contributed by atoms with Gasteiger partial charge in [0.1, 0.15) is 0 Å². The van der Waals surface area contributed by atoms with Gasteiger partial charge in [-0.1, -0.05) is 29.5 Å². The number of benzene rings is 1. The standard InChI is InChI=1S/C18H27N3O/c1-14(2)21(15(3)4)13-7-6-12-19-18(22)20-17-10-8-16(5)9-11-17/h8-11,14-15H,12-13H2,1-5H3,(H2,19,20,22). The smallest absolute Gasteiger partial charge is 0.319 e. The quantitative estimate of drug-likeness (QED) is 0.820. The van der Waals surface area contributed by atoms with Gasteiger partial charge in [0.2, 0.25) is 0 Å². The molecule has 22 heavy (non-hydrogen) atoms. The molecule has 2 amide bonds. The average molecular weight is 301 g/mol. The van der Waals surface area contributed by atoms with Crippen LogP contribution in [0.5, 0.6) is 0 Å². The van der Waals surface area contributed by atoms with E-state index < -0.39 is 0 Å². The number of hydrogen-bond donors (Lipinski definition) is 2. The fourth-order valence-electron chi connectivity index (χ4n) is 2.11. The van der Waals surface area contributed by atoms with E-state index in [2.05, 4.69) is 55.1 Å². The third-order valence-electron chi connectivity index (χ3n) is 3.36. The summed E-state index contributed by atoms with van der Waals surface area (Å²) < 4.78 is 0. The maximum Gasteiger partial charge on any atom is 0.319 e. The van der Waals surface area contributed by atoms with Gasteiger partial charge in [-0.3, -0.25) is 4.90 Å². The Kier molecular flexibility index (Phi) is 7.48. The molecule has 0 radical (unpaired) electrons. The lowest BCUT2D eigenvalue weighted by Crippen LogP contribution is -2.37. The third kappa shape index (κ3) is 6.64. The summed E-state index contributed by atoms with van der Waals surface area (Å²) in [6, 6.07) is 8.37. The molecule has 4 heteroatoms. The Balaban J connectivity index is 2.33. The Morgan fingerprint density at radius 1 is 1.09 bits per heavy atom. The van der Waals surface area contributed by atoms with Crippen LogP contribution in [0.4, 0.5) is 10.5 Å². The number of carbonyl (C=O) groups excluding carboxylic acids is 1. The molecular formula is C18H27N3O. The number of carbonyl (C=O) groups is 1. The van der Waals surface area contributed by atoms with Crippen LogP contribution in [0.15, 0.2) is 24.3 Å². The predicted octanol–water partition coefficient (Wildman–Crippen LogP) is 3.24. The summed E-state index contributed by atoms with van der Waals surface area (Å²) in [7, 11) is 0. The molecule has 0 aliphatic heterocycles. The SMILES string of the molecule is Cc1ccc(NC(=O)NCC#CCN(C(C)C)C(C)C)cc1. The second-order valence-corrected chi connectivity index (χ2v) is 5.89. The van der Waals surface area contributed by atoms with Gasteiger partial charge in [-0.25, -0.2) is 4.79 Å². The summed E-state index contributed by atoms with van der Waals surface area (Å²) in [4.78, 5) is 14.0. The molecule has 1 rings (SSSR count). The fraction of sp³-hybridized carbons (Fsp3) is 0.500. The number of aryl methyl sites for hydroxylation is 1. The maximum atomic E-state index is 11.7. The van der Waals surface area contributed by atoms with Crippen LogP contribution in [0.2, 0.25) is 0 Å². The van der Waals surface area contributed by atoms with Crippen LogP contribution in [-0.2, 0) is 0 Å². The zero-order valence-electron chi connectivity index (χ0n) is 14.2. The molecule has 0 fully saturated rings. The summed E-state index contributed by atoms with van der Waals surface area (Å²) >= 11 is 0. The number of urea groups is 1. The van der Waals surface area contributed by atoms with Crippen molar-refractivity contribution in [3.05, 3.63) is 29.8 Å². The van der Waals surface area contributed by atoms with Crippen molar-refractivity contribution in [3.63, 3.8) is 0 Å². The molecule has 0 bridgehead atoms. The van der Waals surface area contributed by atoms with Gasteiger partial charge < -0.3 is 10.6 Å². The molecule has 0 saturated heterocycles. The monoisotopic (exact) mass is 301 g/mol. The Morgan fingerprint density at radius 2 is 1.68 bits per heavy atom. The van der Waals surface area contributed by atoms with Gasteiger partial charge in [-0.2, -0.15) is 0 Å². The van der Waals surface area contributed by atoms with Gasteiger partial charge in [0.15, 0.2) is 0 Å². The summed E-state index contributed by atoms with van der Waals surface area (Å²) in [5.74, 6) is 6.10. The number of amides is 2. The van der Waals surface area contributed by atoms with E-state index in [9.17, 15) is 4.79 Å². The molecule has 0 aromatic heterocycles. The van der Waals surface area contributed by atoms with Crippen molar-refractivity contribution in [3.8, 4) is 11.8 Å². The van der Waals surface area contributed by atoms with E-state index in [-0.39, 0.29) is 6.03 Å². The van der Waals surface area contributed by atoms with Crippen molar-refractivity contribution in [1.29, 1.82) is 0 Å². The van der Waals surface area contributed by atoms with Gasteiger partial charge in [0, 0.05) is 17.8 Å². The minimum Gasteiger partial charge on any atom is -0.327 e. The van der Waals surface area contributed by atoms with Crippen LogP contribution in [0, 0.1) is 18.8 Å². The van der Waals surface area contributed by atoms with E-state index in [1.165, 1.54) is 0 Å². The van der Waals surface area contributed by atoms with Crippen molar-refractivity contribution in [2.45, 2.75) is 46.7 Å². The minimum atomic E-state index is -0.234. The number of hydrogen-bond acceptors (Lipinski definition) is 2. The Labute approximate surface area is 134 Å². The number of nitrogens with zero attached hydrogens (tertiary/aromatic N) is 1. The first kappa shape index (κ1) is 18.1. The molecule has 0 saturated carbocycles. The largest absolute Gasteiger partial charge is 0.327 e. The molecule has 1 aromatic rings. The van der Waals surface area contributed by atoms with Crippen LogP contribution >= 0.6 is 0 Å². The molecule has 0 aliphatic rings. The molecular weight excluding hydrogens is 274 g/mol. The second kappa shape index (κ2) is 9.11. The van der Waals surface area contributed by atoms with Gasteiger partial charge in [-0.05, 0) is 46.8 Å². The van der Waals surface area contributed by atoms with E-state index in [4.69, 9.17) is 0 Å². The molecule has 0 heterocycles. The lowest BCUT2D eigenvalue weighted by atomic mass is 10.2. The van der Waals surface area contributed by atoms with Crippen LogP contribution in [-0.4, -0.2) is 36.1 Å². The summed E-state index contributed by atoms with van der Waals surface area (Å²) in [5.41, 5.74) is 1.94. The number of nitrogens with one attached hydrogen (secondary N) is 2. The molecule has 120 valence electrons. The topological polar surface area (TPSA) is 44.4 Å². The zero-order chi connectivity index (χ0) is 16.5. The highest BCUT2D eigenvalue weighted by molar-refractivity contribution is 5.89. The molecule has 2 N–H and O–H groups in total. The summed E-state index contributed by atoms with van der Waals surface area (Å²) in [5, 5.41) is 5.51. The average Bonchev–Trinajstić information content (AvgIpc) is 2.44. The number of anilines is 1. The fourth-order valence-corrected chi connectivity index (χ4v) is 2.11. The summed E-state index contributed by atoms with van der Waals surface area (Å²) in [6.07, 6.45) is 0. The molecule has 4 nitrogen and oxygen atoms in total. The van der Waals surface area contributed by atoms with E-state index in [1.807, 2.05) is 31.2 Å². The van der Waals surface area contributed by atoms with Crippen LogP contribution < -0.4 is 10.6 Å². The molecule has 1 aromatic carbocycles. The van der Waals surface area contributed by atoms with E-state index in [0.717, 1.165) is 17.8 Å². The normalized spacial score (nSPS) is 10.5. The van der Waals surface area contributed by atoms with Crippen molar-refractivity contribution >= 4 is 11.7 Å². The van der Waals surface area contributed by atoms with E-state index in [0.29, 0.717) is 18.6 Å². The Morgan fingerprint density at radius 3 is 2.23 bits per heavy atom. The zero-order valence-corrected chi connectivity index (χ0v) is 14.2. The van der Waals surface area contributed by atoms with Crippen molar-refractivity contribution in [2.75, 3.05) is 18.4 Å². The highest BCUT2D eigenvalue weighted by atomic mass is 16.2. The number of rotatable bonds is 5. The lowest BCUT2D eigenvalue weighted by Gasteiger charge is -2.28. The first-order chi connectivity index (χ1) is 10.4. The van der Waals surface area contributed by atoms with Crippen LogP contribution in [0.1, 0.15) is 33.3 Å². The lowest BCUT2D eigenvalue weighted by molar-refractivity contribution is 0.200. The Hall–Kier alpha value is -1.99. The highest BCUT2D eigenvalue weighted by Crippen LogP contribution is 2.07. The third-order valence-corrected chi connectivity index (χ3v) is 3.36. The minimum absolute atomic E-state index is 0.234. The van der Waals surface area contributed by atoms with Crippen molar-refractivity contribution in [1.82, 2.24) is 10.2 Å². The van der Waals surface area contributed by atoms with Crippen LogP contribution in [0.3, 0.4) is 0 Å². The Bertz CT molecular complexity index is 516. The molecule has 0 atom stereocenters. The van der Waals surface area contributed by atoms with Crippen molar-refractivity contribution < 1.29 is 4.79 Å². The van der Waals surface area contributed by atoms with E-state index in [1.54, 1.807) is 0 Å². The van der Waals surface area contributed by atoms with Crippen LogP contribution in [0.25, 0.3) is 0 Å². The highest BCUT2D eigenvalue weighted by Gasteiger charge is 2.10. The maximum absolute atomic E-state index is 11.7. The van der Waals surface area contributed by atoms with Gasteiger partial charge >= 0.3 is 6.03 Å². The molecule has 0 unspecified atom stereocenters. The van der Waals surface area contributed by atoms with Gasteiger partial charge in [0.05, 0.1) is 13.1 Å². The van der Waals surface area contributed by atoms with E-state index >= 15 is 0 Å². The van der Waals surface area contributed by atoms with Gasteiger partial charge in [0.25, 0.3) is 0 Å². The first-order valence-corrected chi connectivity index (χ1v) is 7.73. The molecule has 0 aliphatic carbocycles.